The van der Waals surface area contributed by atoms with E-state index < -0.39 is 28.0 Å². The van der Waals surface area contributed by atoms with Crippen molar-refractivity contribution in [2.45, 2.75) is 17.2 Å². The molecule has 19 heavy (non-hydrogen) atoms. The molecule has 1 aliphatic rings. The number of hydrogen-bond acceptors (Lipinski definition) is 5. The highest BCUT2D eigenvalue weighted by Gasteiger charge is 2.42. The Hall–Kier alpha value is -0.960. The van der Waals surface area contributed by atoms with Gasteiger partial charge in [0.1, 0.15) is 4.21 Å². The molecule has 106 valence electrons. The van der Waals surface area contributed by atoms with E-state index in [1.807, 2.05) is 0 Å². The minimum absolute atomic E-state index is 0.0520. The second-order valence-electron chi connectivity index (χ2n) is 4.19. The van der Waals surface area contributed by atoms with Gasteiger partial charge in [-0.2, -0.15) is 4.31 Å². The van der Waals surface area contributed by atoms with E-state index in [-0.39, 0.29) is 24.0 Å². The molecule has 0 aliphatic carbocycles. The van der Waals surface area contributed by atoms with Gasteiger partial charge in [0, 0.05) is 6.54 Å². The zero-order valence-electron chi connectivity index (χ0n) is 10.4. The van der Waals surface area contributed by atoms with Crippen molar-refractivity contribution in [2.24, 2.45) is 5.92 Å². The molecule has 1 aromatic heterocycles. The smallest absolute Gasteiger partial charge is 0.310 e. The number of likely N-dealkylation sites (N-methyl/N-ethyl adjacent to an activating group) is 1. The zero-order chi connectivity index (χ0) is 14.0. The summed E-state index contributed by atoms with van der Waals surface area (Å²) < 4.78 is 31.5. The molecule has 1 saturated heterocycles. The van der Waals surface area contributed by atoms with Crippen molar-refractivity contribution in [3.8, 4) is 0 Å². The molecule has 0 aromatic carbocycles. The molecule has 0 bridgehead atoms. The summed E-state index contributed by atoms with van der Waals surface area (Å²) in [5.41, 5.74) is 0. The van der Waals surface area contributed by atoms with Crippen LogP contribution in [0.4, 0.5) is 0 Å². The van der Waals surface area contributed by atoms with E-state index in [9.17, 15) is 13.2 Å². The van der Waals surface area contributed by atoms with Gasteiger partial charge in [-0.3, -0.25) is 4.79 Å². The molecule has 8 heteroatoms. The van der Waals surface area contributed by atoms with Crippen molar-refractivity contribution in [3.05, 3.63) is 17.5 Å². The van der Waals surface area contributed by atoms with Crippen LogP contribution in [0.25, 0.3) is 0 Å². The van der Waals surface area contributed by atoms with Crippen molar-refractivity contribution in [1.29, 1.82) is 0 Å². The molecular formula is C11H15NO5S2. The van der Waals surface area contributed by atoms with Crippen molar-refractivity contribution in [3.63, 3.8) is 0 Å². The zero-order valence-corrected chi connectivity index (χ0v) is 12.0. The molecule has 6 nitrogen and oxygen atoms in total. The van der Waals surface area contributed by atoms with Crippen molar-refractivity contribution < 1.29 is 23.1 Å². The highest BCUT2D eigenvalue weighted by atomic mass is 32.2. The topological polar surface area (TPSA) is 83.9 Å². The molecule has 1 N–H and O–H groups in total. The Morgan fingerprint density at radius 2 is 2.32 bits per heavy atom. The van der Waals surface area contributed by atoms with Gasteiger partial charge in [0.05, 0.1) is 25.2 Å². The average molecular weight is 305 g/mol. The molecule has 2 rings (SSSR count). The number of sulfonamides is 1. The molecule has 2 unspecified atom stereocenters. The quantitative estimate of drug-likeness (QED) is 0.872. The normalized spacial score (nSPS) is 23.9. The third-order valence-corrected chi connectivity index (χ3v) is 6.48. The fourth-order valence-corrected chi connectivity index (χ4v) is 4.95. The molecule has 0 spiro atoms. The summed E-state index contributed by atoms with van der Waals surface area (Å²) in [6.45, 7) is 2.09. The van der Waals surface area contributed by atoms with Gasteiger partial charge in [-0.25, -0.2) is 8.42 Å². The third kappa shape index (κ3) is 2.66. The first-order valence-corrected chi connectivity index (χ1v) is 8.16. The standard InChI is InChI=1S/C11H15NO5S2/c1-2-12(9-7-17-6-8(9)11(13)14)19(15,16)10-4-3-5-18-10/h3-5,8-9H,2,6-7H2,1H3,(H,13,14). The number of nitrogens with zero attached hydrogens (tertiary/aromatic N) is 1. The van der Waals surface area contributed by atoms with Crippen LogP contribution in [0.1, 0.15) is 6.92 Å². The van der Waals surface area contributed by atoms with Crippen LogP contribution >= 0.6 is 11.3 Å². The summed E-state index contributed by atoms with van der Waals surface area (Å²) >= 11 is 1.12. The fraction of sp³-hybridized carbons (Fsp3) is 0.545. The summed E-state index contributed by atoms with van der Waals surface area (Å²) in [7, 11) is -3.65. The molecule has 1 aliphatic heterocycles. The average Bonchev–Trinajstić information content (AvgIpc) is 3.00. The van der Waals surface area contributed by atoms with Gasteiger partial charge in [0.15, 0.2) is 0 Å². The predicted octanol–water partition coefficient (Wildman–Crippen LogP) is 0.858. The summed E-state index contributed by atoms with van der Waals surface area (Å²) in [4.78, 5) is 11.1. The number of hydrogen-bond donors (Lipinski definition) is 1. The van der Waals surface area contributed by atoms with Crippen LogP contribution in [0.2, 0.25) is 0 Å². The molecule has 2 heterocycles. The first-order chi connectivity index (χ1) is 8.98. The minimum Gasteiger partial charge on any atom is -0.481 e. The van der Waals surface area contributed by atoms with E-state index in [0.29, 0.717) is 0 Å². The second-order valence-corrected chi connectivity index (χ2v) is 7.26. The van der Waals surface area contributed by atoms with Gasteiger partial charge < -0.3 is 9.84 Å². The number of ether oxygens (including phenoxy) is 1. The Morgan fingerprint density at radius 3 is 2.84 bits per heavy atom. The van der Waals surface area contributed by atoms with Crippen molar-refractivity contribution in [1.82, 2.24) is 4.31 Å². The number of carbonyl (C=O) groups is 1. The third-order valence-electron chi connectivity index (χ3n) is 3.11. The van der Waals surface area contributed by atoms with Crippen LogP contribution in [-0.4, -0.2) is 49.6 Å². The summed E-state index contributed by atoms with van der Waals surface area (Å²) in [6.07, 6.45) is 0. The first-order valence-electron chi connectivity index (χ1n) is 5.84. The molecule has 2 atom stereocenters. The second kappa shape index (κ2) is 5.58. The number of carboxylic acids is 1. The lowest BCUT2D eigenvalue weighted by atomic mass is 10.0. The highest BCUT2D eigenvalue weighted by molar-refractivity contribution is 7.91. The first kappa shape index (κ1) is 14.4. The molecule has 1 fully saturated rings. The maximum absolute atomic E-state index is 12.5. The van der Waals surface area contributed by atoms with Crippen LogP contribution in [0.3, 0.4) is 0 Å². The van der Waals surface area contributed by atoms with Crippen LogP contribution in [0.5, 0.6) is 0 Å². The van der Waals surface area contributed by atoms with E-state index in [1.54, 1.807) is 18.4 Å². The lowest BCUT2D eigenvalue weighted by Gasteiger charge is -2.27. The number of carboxylic acid groups (broad SMARTS) is 1. The maximum Gasteiger partial charge on any atom is 0.310 e. The summed E-state index contributed by atoms with van der Waals surface area (Å²) in [5, 5.41) is 10.8. The Labute approximate surface area is 115 Å². The van der Waals surface area contributed by atoms with Crippen LogP contribution in [-0.2, 0) is 19.6 Å². The molecule has 0 radical (unpaired) electrons. The summed E-state index contributed by atoms with van der Waals surface area (Å²) in [6, 6.07) is 2.54. The Bertz CT molecular complexity index is 539. The SMILES string of the molecule is CCN(C1COCC1C(=O)O)S(=O)(=O)c1cccs1. The van der Waals surface area contributed by atoms with Gasteiger partial charge in [-0.05, 0) is 11.4 Å². The van der Waals surface area contributed by atoms with Gasteiger partial charge in [0.25, 0.3) is 10.0 Å². The monoisotopic (exact) mass is 305 g/mol. The molecule has 0 amide bonds. The molecular weight excluding hydrogens is 290 g/mol. The number of aliphatic carboxylic acids is 1. The van der Waals surface area contributed by atoms with Gasteiger partial charge in [0.2, 0.25) is 0 Å². The van der Waals surface area contributed by atoms with Crippen LogP contribution in [0.15, 0.2) is 21.7 Å². The number of thiophene rings is 1. The predicted molar refractivity (Wildman–Crippen MR) is 69.6 cm³/mol. The van der Waals surface area contributed by atoms with Gasteiger partial charge >= 0.3 is 5.97 Å². The highest BCUT2D eigenvalue weighted by Crippen LogP contribution is 2.28. The van der Waals surface area contributed by atoms with Crippen LogP contribution in [0, 0.1) is 5.92 Å². The number of rotatable bonds is 5. The van der Waals surface area contributed by atoms with E-state index in [2.05, 4.69) is 0 Å². The maximum atomic E-state index is 12.5. The minimum atomic E-state index is -3.65. The lowest BCUT2D eigenvalue weighted by Crippen LogP contribution is -2.46. The van der Waals surface area contributed by atoms with Crippen LogP contribution < -0.4 is 0 Å². The van der Waals surface area contributed by atoms with Crippen molar-refractivity contribution in [2.75, 3.05) is 19.8 Å². The van der Waals surface area contributed by atoms with E-state index in [1.165, 1.54) is 10.4 Å². The summed E-state index contributed by atoms with van der Waals surface area (Å²) in [5.74, 6) is -1.84. The van der Waals surface area contributed by atoms with E-state index in [0.717, 1.165) is 11.3 Å². The Balaban J connectivity index is 2.32. The fourth-order valence-electron chi connectivity index (χ4n) is 2.17. The largest absolute Gasteiger partial charge is 0.481 e. The van der Waals surface area contributed by atoms with Gasteiger partial charge in [-0.1, -0.05) is 13.0 Å². The Kier molecular flexibility index (Phi) is 4.24. The van der Waals surface area contributed by atoms with E-state index >= 15 is 0 Å². The van der Waals surface area contributed by atoms with Gasteiger partial charge in [-0.15, -0.1) is 11.3 Å². The van der Waals surface area contributed by atoms with E-state index in [4.69, 9.17) is 9.84 Å². The van der Waals surface area contributed by atoms with Crippen molar-refractivity contribution >= 4 is 27.3 Å². The Morgan fingerprint density at radius 1 is 1.58 bits per heavy atom. The molecule has 1 aromatic rings. The molecule has 0 saturated carbocycles. The lowest BCUT2D eigenvalue weighted by molar-refractivity contribution is -0.142.